The molecule has 0 aromatic heterocycles. The molecular formula is C15H14ClNO4. The van der Waals surface area contributed by atoms with Crippen molar-refractivity contribution in [1.29, 1.82) is 0 Å². The molecule has 0 radical (unpaired) electrons. The van der Waals surface area contributed by atoms with Crippen molar-refractivity contribution >= 4 is 17.3 Å². The van der Waals surface area contributed by atoms with E-state index in [1.165, 1.54) is 12.1 Å². The quantitative estimate of drug-likeness (QED) is 0.461. The van der Waals surface area contributed by atoms with Gasteiger partial charge in [-0.2, -0.15) is 0 Å². The van der Waals surface area contributed by atoms with Crippen LogP contribution in [0.15, 0.2) is 42.5 Å². The fourth-order valence-electron chi connectivity index (χ4n) is 1.91. The van der Waals surface area contributed by atoms with Gasteiger partial charge in [0.05, 0.1) is 17.9 Å². The molecule has 0 aliphatic rings. The molecule has 0 bridgehead atoms. The van der Waals surface area contributed by atoms with Crippen molar-refractivity contribution in [3.63, 3.8) is 0 Å². The summed E-state index contributed by atoms with van der Waals surface area (Å²) in [6.45, 7) is 0.200. The lowest BCUT2D eigenvalue weighted by molar-refractivity contribution is -0.384. The second-order valence-corrected chi connectivity index (χ2v) is 4.57. The van der Waals surface area contributed by atoms with E-state index in [-0.39, 0.29) is 12.3 Å². The summed E-state index contributed by atoms with van der Waals surface area (Å²) in [6.07, 6.45) is 0. The topological polar surface area (TPSA) is 61.6 Å². The zero-order valence-corrected chi connectivity index (χ0v) is 12.2. The van der Waals surface area contributed by atoms with Crippen molar-refractivity contribution in [2.24, 2.45) is 0 Å². The number of hydrogen-bond donors (Lipinski definition) is 0. The van der Waals surface area contributed by atoms with Crippen LogP contribution in [0.1, 0.15) is 11.1 Å². The second kappa shape index (κ2) is 6.95. The number of benzene rings is 2. The molecule has 0 aliphatic heterocycles. The van der Waals surface area contributed by atoms with Gasteiger partial charge in [-0.25, -0.2) is 0 Å². The minimum Gasteiger partial charge on any atom is -0.493 e. The van der Waals surface area contributed by atoms with Gasteiger partial charge in [-0.15, -0.1) is 11.6 Å². The molecule has 0 N–H and O–H groups in total. The number of nitro groups is 1. The Hall–Kier alpha value is -2.27. The smallest absolute Gasteiger partial charge is 0.269 e. The van der Waals surface area contributed by atoms with Gasteiger partial charge in [0.25, 0.3) is 5.69 Å². The van der Waals surface area contributed by atoms with E-state index in [2.05, 4.69) is 0 Å². The Morgan fingerprint density at radius 1 is 1.24 bits per heavy atom. The van der Waals surface area contributed by atoms with Crippen LogP contribution in [-0.4, -0.2) is 12.0 Å². The maximum absolute atomic E-state index is 10.8. The maximum Gasteiger partial charge on any atom is 0.269 e. The molecule has 0 saturated heterocycles. The van der Waals surface area contributed by atoms with E-state index >= 15 is 0 Å². The molecule has 2 aromatic carbocycles. The Morgan fingerprint density at radius 3 is 2.67 bits per heavy atom. The molecule has 0 amide bonds. The number of para-hydroxylation sites is 1. The van der Waals surface area contributed by atoms with Gasteiger partial charge in [0.2, 0.25) is 0 Å². The van der Waals surface area contributed by atoms with Gasteiger partial charge in [0.15, 0.2) is 11.5 Å². The number of methoxy groups -OCH3 is 1. The van der Waals surface area contributed by atoms with E-state index in [0.717, 1.165) is 5.56 Å². The van der Waals surface area contributed by atoms with Crippen LogP contribution in [0.25, 0.3) is 0 Å². The molecule has 5 nitrogen and oxygen atoms in total. The SMILES string of the molecule is COc1cccc(CCl)c1OCc1cccc([N+](=O)[O-])c1. The molecule has 2 aromatic rings. The first kappa shape index (κ1) is 15.1. The first-order chi connectivity index (χ1) is 10.2. The minimum absolute atomic E-state index is 0.0358. The molecule has 0 heterocycles. The van der Waals surface area contributed by atoms with Crippen LogP contribution in [0.2, 0.25) is 0 Å². The van der Waals surface area contributed by atoms with E-state index in [9.17, 15) is 10.1 Å². The van der Waals surface area contributed by atoms with Crippen molar-refractivity contribution in [3.05, 3.63) is 63.7 Å². The molecule has 0 aliphatic carbocycles. The predicted octanol–water partition coefficient (Wildman–Crippen LogP) is 3.92. The molecule has 0 atom stereocenters. The normalized spacial score (nSPS) is 10.2. The van der Waals surface area contributed by atoms with Gasteiger partial charge >= 0.3 is 0 Å². The highest BCUT2D eigenvalue weighted by atomic mass is 35.5. The lowest BCUT2D eigenvalue weighted by Crippen LogP contribution is -2.01. The standard InChI is InChI=1S/C15H14ClNO4/c1-20-14-7-3-5-12(9-16)15(14)21-10-11-4-2-6-13(8-11)17(18)19/h2-8H,9-10H2,1H3. The first-order valence-electron chi connectivity index (χ1n) is 6.23. The number of nitro benzene ring substituents is 1. The largest absolute Gasteiger partial charge is 0.493 e. The van der Waals surface area contributed by atoms with Crippen LogP contribution >= 0.6 is 11.6 Å². The van der Waals surface area contributed by atoms with Crippen LogP contribution in [0.4, 0.5) is 5.69 Å². The summed E-state index contributed by atoms with van der Waals surface area (Å²) < 4.78 is 11.0. The summed E-state index contributed by atoms with van der Waals surface area (Å²) in [4.78, 5) is 10.3. The lowest BCUT2D eigenvalue weighted by atomic mass is 10.2. The second-order valence-electron chi connectivity index (χ2n) is 4.30. The highest BCUT2D eigenvalue weighted by Crippen LogP contribution is 2.32. The third-order valence-electron chi connectivity index (χ3n) is 2.93. The van der Waals surface area contributed by atoms with E-state index in [1.54, 1.807) is 25.3 Å². The van der Waals surface area contributed by atoms with Gasteiger partial charge < -0.3 is 9.47 Å². The maximum atomic E-state index is 10.8. The molecule has 0 fully saturated rings. The van der Waals surface area contributed by atoms with Gasteiger partial charge in [0, 0.05) is 17.7 Å². The monoisotopic (exact) mass is 307 g/mol. The highest BCUT2D eigenvalue weighted by Gasteiger charge is 2.11. The van der Waals surface area contributed by atoms with Crippen LogP contribution in [-0.2, 0) is 12.5 Å². The van der Waals surface area contributed by atoms with Gasteiger partial charge in [0.1, 0.15) is 6.61 Å². The van der Waals surface area contributed by atoms with Crippen molar-refractivity contribution in [1.82, 2.24) is 0 Å². The number of hydrogen-bond acceptors (Lipinski definition) is 4. The first-order valence-corrected chi connectivity index (χ1v) is 6.77. The number of ether oxygens (including phenoxy) is 2. The summed E-state index contributed by atoms with van der Waals surface area (Å²) in [5, 5.41) is 10.8. The summed E-state index contributed by atoms with van der Waals surface area (Å²) in [5.74, 6) is 1.43. The van der Waals surface area contributed by atoms with Crippen molar-refractivity contribution in [2.75, 3.05) is 7.11 Å². The Morgan fingerprint density at radius 2 is 2.00 bits per heavy atom. The number of non-ortho nitro benzene ring substituents is 1. The van der Waals surface area contributed by atoms with Crippen LogP contribution in [0.5, 0.6) is 11.5 Å². The Bertz CT molecular complexity index is 623. The lowest BCUT2D eigenvalue weighted by Gasteiger charge is -2.13. The third-order valence-corrected chi connectivity index (χ3v) is 3.22. The summed E-state index contributed by atoms with van der Waals surface area (Å²) in [7, 11) is 1.55. The average Bonchev–Trinajstić information content (AvgIpc) is 2.52. The molecular weight excluding hydrogens is 294 g/mol. The summed E-state index contributed by atoms with van der Waals surface area (Å²) in [6, 6.07) is 11.8. The summed E-state index contributed by atoms with van der Waals surface area (Å²) in [5.41, 5.74) is 1.55. The highest BCUT2D eigenvalue weighted by molar-refractivity contribution is 6.17. The van der Waals surface area contributed by atoms with Crippen molar-refractivity contribution in [3.8, 4) is 11.5 Å². The molecule has 0 saturated carbocycles. The molecule has 6 heteroatoms. The molecule has 110 valence electrons. The van der Waals surface area contributed by atoms with Crippen LogP contribution in [0.3, 0.4) is 0 Å². The van der Waals surface area contributed by atoms with Crippen molar-refractivity contribution in [2.45, 2.75) is 12.5 Å². The number of alkyl halides is 1. The van der Waals surface area contributed by atoms with E-state index in [1.807, 2.05) is 12.1 Å². The van der Waals surface area contributed by atoms with Crippen LogP contribution in [0, 0.1) is 10.1 Å². The molecule has 0 unspecified atom stereocenters. The fraction of sp³-hybridized carbons (Fsp3) is 0.200. The summed E-state index contributed by atoms with van der Waals surface area (Å²) >= 11 is 5.88. The molecule has 2 rings (SSSR count). The third kappa shape index (κ3) is 3.64. The zero-order chi connectivity index (χ0) is 15.2. The van der Waals surface area contributed by atoms with Gasteiger partial charge in [-0.1, -0.05) is 24.3 Å². The molecule has 0 spiro atoms. The van der Waals surface area contributed by atoms with E-state index < -0.39 is 4.92 Å². The Labute approximate surface area is 127 Å². The fourth-order valence-corrected chi connectivity index (χ4v) is 2.12. The van der Waals surface area contributed by atoms with Gasteiger partial charge in [-0.3, -0.25) is 10.1 Å². The minimum atomic E-state index is -0.434. The number of rotatable bonds is 6. The van der Waals surface area contributed by atoms with E-state index in [4.69, 9.17) is 21.1 Å². The zero-order valence-electron chi connectivity index (χ0n) is 11.4. The van der Waals surface area contributed by atoms with Crippen LogP contribution < -0.4 is 9.47 Å². The average molecular weight is 308 g/mol. The van der Waals surface area contributed by atoms with Gasteiger partial charge in [-0.05, 0) is 11.6 Å². The van der Waals surface area contributed by atoms with Crippen molar-refractivity contribution < 1.29 is 14.4 Å². The Kier molecular flexibility index (Phi) is 5.00. The number of nitrogens with zero attached hydrogens (tertiary/aromatic N) is 1. The predicted molar refractivity (Wildman–Crippen MR) is 80.0 cm³/mol. The van der Waals surface area contributed by atoms with E-state index in [0.29, 0.717) is 22.9 Å². The Balaban J connectivity index is 2.20. The number of halogens is 1. The molecule has 21 heavy (non-hydrogen) atoms.